The lowest BCUT2D eigenvalue weighted by atomic mass is 10.2. The van der Waals surface area contributed by atoms with Gasteiger partial charge in [0.1, 0.15) is 11.2 Å². The molecule has 5 heteroatoms. The van der Waals surface area contributed by atoms with E-state index in [0.717, 1.165) is 11.1 Å². The Bertz CT molecular complexity index is 608. The first-order valence-electron chi connectivity index (χ1n) is 5.75. The smallest absolute Gasteiger partial charge is 0.420 e. The third kappa shape index (κ3) is 2.30. The van der Waals surface area contributed by atoms with E-state index >= 15 is 0 Å². The largest absolute Gasteiger partial charge is 0.443 e. The monoisotopic (exact) mass is 247 g/mol. The number of nitrogens with two attached hydrogens (primary N) is 1. The lowest BCUT2D eigenvalue weighted by Gasteiger charge is -2.20. The second-order valence-electron chi connectivity index (χ2n) is 5.28. The van der Waals surface area contributed by atoms with Gasteiger partial charge in [-0.2, -0.15) is 0 Å². The molecule has 0 unspecified atom stereocenters. The number of carbonyl (C=O) groups is 1. The standard InChI is InChI=1S/C13H17N3O2/c1-8-5-9-6-10(14)7-15-11(9)16(8)12(17)18-13(2,3)4/h5-7H,14H2,1-4H3. The Labute approximate surface area is 106 Å². The summed E-state index contributed by atoms with van der Waals surface area (Å²) < 4.78 is 6.81. The molecule has 0 fully saturated rings. The summed E-state index contributed by atoms with van der Waals surface area (Å²) in [4.78, 5) is 16.3. The number of aromatic nitrogens is 2. The van der Waals surface area contributed by atoms with Gasteiger partial charge in [0.15, 0.2) is 0 Å². The quantitative estimate of drug-likeness (QED) is 0.777. The third-order valence-corrected chi connectivity index (χ3v) is 2.42. The fourth-order valence-electron chi connectivity index (χ4n) is 1.78. The number of hydrogen-bond donors (Lipinski definition) is 1. The highest BCUT2D eigenvalue weighted by atomic mass is 16.6. The molecule has 0 aliphatic heterocycles. The van der Waals surface area contributed by atoms with E-state index < -0.39 is 11.7 Å². The van der Waals surface area contributed by atoms with E-state index in [1.54, 1.807) is 6.07 Å². The highest BCUT2D eigenvalue weighted by Crippen LogP contribution is 2.21. The molecule has 0 amide bonds. The van der Waals surface area contributed by atoms with Crippen LogP contribution in [0.3, 0.4) is 0 Å². The fraction of sp³-hybridized carbons (Fsp3) is 0.385. The molecule has 0 atom stereocenters. The van der Waals surface area contributed by atoms with Crippen molar-refractivity contribution in [1.29, 1.82) is 0 Å². The number of nitrogens with zero attached hydrogens (tertiary/aromatic N) is 2. The molecule has 0 aliphatic carbocycles. The van der Waals surface area contributed by atoms with Crippen molar-refractivity contribution < 1.29 is 9.53 Å². The number of pyridine rings is 1. The zero-order valence-electron chi connectivity index (χ0n) is 11.0. The minimum absolute atomic E-state index is 0.424. The summed E-state index contributed by atoms with van der Waals surface area (Å²) in [6, 6.07) is 3.65. The Kier molecular flexibility index (Phi) is 2.77. The number of rotatable bonds is 0. The summed E-state index contributed by atoms with van der Waals surface area (Å²) in [7, 11) is 0. The van der Waals surface area contributed by atoms with Gasteiger partial charge in [-0.15, -0.1) is 0 Å². The molecule has 0 bridgehead atoms. The molecule has 2 N–H and O–H groups in total. The Morgan fingerprint density at radius 1 is 1.39 bits per heavy atom. The molecule has 2 rings (SSSR count). The molecule has 2 aromatic rings. The molecule has 0 spiro atoms. The average molecular weight is 247 g/mol. The van der Waals surface area contributed by atoms with E-state index in [1.807, 2.05) is 33.8 Å². The first-order valence-corrected chi connectivity index (χ1v) is 5.75. The summed E-state index contributed by atoms with van der Waals surface area (Å²) in [5, 5.41) is 0.832. The van der Waals surface area contributed by atoms with Crippen LogP contribution in [0, 0.1) is 6.92 Å². The second kappa shape index (κ2) is 4.01. The number of ether oxygens (including phenoxy) is 1. The molecule has 0 saturated carbocycles. The van der Waals surface area contributed by atoms with Crippen LogP contribution in [0.15, 0.2) is 18.3 Å². The van der Waals surface area contributed by atoms with Crippen LogP contribution in [0.4, 0.5) is 10.5 Å². The van der Waals surface area contributed by atoms with Gasteiger partial charge in [-0.25, -0.2) is 14.3 Å². The lowest BCUT2D eigenvalue weighted by molar-refractivity contribution is 0.0541. The van der Waals surface area contributed by atoms with Gasteiger partial charge in [0.25, 0.3) is 0 Å². The first kappa shape index (κ1) is 12.4. The van der Waals surface area contributed by atoms with Crippen molar-refractivity contribution in [2.24, 2.45) is 0 Å². The summed E-state index contributed by atoms with van der Waals surface area (Å²) in [5.41, 5.74) is 7.05. The number of carbonyl (C=O) groups excluding carboxylic acids is 1. The number of aryl methyl sites for hydroxylation is 1. The van der Waals surface area contributed by atoms with E-state index in [2.05, 4.69) is 4.98 Å². The van der Waals surface area contributed by atoms with Gasteiger partial charge in [0, 0.05) is 11.1 Å². The number of anilines is 1. The van der Waals surface area contributed by atoms with Crippen molar-refractivity contribution >= 4 is 22.8 Å². The van der Waals surface area contributed by atoms with Gasteiger partial charge in [0.2, 0.25) is 0 Å². The van der Waals surface area contributed by atoms with Gasteiger partial charge in [-0.1, -0.05) is 0 Å². The van der Waals surface area contributed by atoms with E-state index in [1.165, 1.54) is 10.8 Å². The zero-order valence-corrected chi connectivity index (χ0v) is 11.0. The van der Waals surface area contributed by atoms with Crippen molar-refractivity contribution in [3.63, 3.8) is 0 Å². The Hall–Kier alpha value is -2.04. The van der Waals surface area contributed by atoms with Crippen molar-refractivity contribution in [2.45, 2.75) is 33.3 Å². The molecule has 0 saturated heterocycles. The van der Waals surface area contributed by atoms with E-state index in [0.29, 0.717) is 11.3 Å². The van der Waals surface area contributed by atoms with Gasteiger partial charge >= 0.3 is 6.09 Å². The summed E-state index contributed by atoms with van der Waals surface area (Å²) in [5.74, 6) is 0. The van der Waals surface area contributed by atoms with E-state index in [-0.39, 0.29) is 0 Å². The first-order chi connectivity index (χ1) is 8.28. The van der Waals surface area contributed by atoms with Crippen LogP contribution in [0.5, 0.6) is 0 Å². The molecule has 18 heavy (non-hydrogen) atoms. The minimum Gasteiger partial charge on any atom is -0.443 e. The molecule has 0 aromatic carbocycles. The van der Waals surface area contributed by atoms with Gasteiger partial charge in [0.05, 0.1) is 11.9 Å². The normalized spacial score (nSPS) is 11.8. The van der Waals surface area contributed by atoms with E-state index in [9.17, 15) is 4.79 Å². The highest BCUT2D eigenvalue weighted by molar-refractivity contribution is 5.89. The van der Waals surface area contributed by atoms with Crippen LogP contribution in [0.25, 0.3) is 11.0 Å². The van der Waals surface area contributed by atoms with Crippen LogP contribution in [0.2, 0.25) is 0 Å². The van der Waals surface area contributed by atoms with Crippen molar-refractivity contribution in [2.75, 3.05) is 5.73 Å². The molecular formula is C13H17N3O2. The van der Waals surface area contributed by atoms with E-state index in [4.69, 9.17) is 10.5 Å². The highest BCUT2D eigenvalue weighted by Gasteiger charge is 2.21. The third-order valence-electron chi connectivity index (χ3n) is 2.42. The number of hydrogen-bond acceptors (Lipinski definition) is 4. The lowest BCUT2D eigenvalue weighted by Crippen LogP contribution is -2.27. The minimum atomic E-state index is -0.534. The zero-order chi connectivity index (χ0) is 13.5. The summed E-state index contributed by atoms with van der Waals surface area (Å²) in [6.45, 7) is 7.33. The van der Waals surface area contributed by atoms with Gasteiger partial charge < -0.3 is 10.5 Å². The molecule has 0 radical (unpaired) electrons. The van der Waals surface area contributed by atoms with Gasteiger partial charge in [-0.05, 0) is 39.8 Å². The summed E-state index contributed by atoms with van der Waals surface area (Å²) >= 11 is 0. The molecular weight excluding hydrogens is 230 g/mol. The molecule has 96 valence electrons. The van der Waals surface area contributed by atoms with Crippen molar-refractivity contribution in [1.82, 2.24) is 9.55 Å². The Morgan fingerprint density at radius 2 is 2.06 bits per heavy atom. The van der Waals surface area contributed by atoms with Crippen LogP contribution >= 0.6 is 0 Å². The summed E-state index contributed by atoms with van der Waals surface area (Å²) in [6.07, 6.45) is 1.11. The number of nitrogen functional groups attached to an aromatic ring is 1. The SMILES string of the molecule is Cc1cc2cc(N)cnc2n1C(=O)OC(C)(C)C. The molecule has 5 nitrogen and oxygen atoms in total. The molecule has 2 heterocycles. The Balaban J connectivity index is 2.51. The fourth-order valence-corrected chi connectivity index (χ4v) is 1.78. The maximum Gasteiger partial charge on any atom is 0.420 e. The maximum atomic E-state index is 12.1. The molecule has 2 aromatic heterocycles. The molecule has 0 aliphatic rings. The van der Waals surface area contributed by atoms with Crippen LogP contribution in [0.1, 0.15) is 26.5 Å². The predicted octanol–water partition coefficient (Wildman–Crippen LogP) is 2.71. The number of fused-ring (bicyclic) bond motifs is 1. The van der Waals surface area contributed by atoms with Crippen LogP contribution in [-0.4, -0.2) is 21.2 Å². The van der Waals surface area contributed by atoms with Gasteiger partial charge in [-0.3, -0.25) is 0 Å². The second-order valence-corrected chi connectivity index (χ2v) is 5.28. The van der Waals surface area contributed by atoms with Crippen LogP contribution < -0.4 is 5.73 Å². The Morgan fingerprint density at radius 3 is 2.67 bits per heavy atom. The van der Waals surface area contributed by atoms with Crippen LogP contribution in [-0.2, 0) is 4.74 Å². The predicted molar refractivity (Wildman–Crippen MR) is 70.5 cm³/mol. The average Bonchev–Trinajstić information content (AvgIpc) is 2.50. The maximum absolute atomic E-state index is 12.1. The van der Waals surface area contributed by atoms with Crippen molar-refractivity contribution in [3.05, 3.63) is 24.0 Å². The van der Waals surface area contributed by atoms with Crippen molar-refractivity contribution in [3.8, 4) is 0 Å². The topological polar surface area (TPSA) is 70.1 Å².